The third-order valence-electron chi connectivity index (χ3n) is 16.6. The summed E-state index contributed by atoms with van der Waals surface area (Å²) < 4.78 is 17.0. The van der Waals surface area contributed by atoms with E-state index in [1.165, 1.54) is 276 Å². The van der Waals surface area contributed by atoms with Crippen molar-refractivity contribution in [3.05, 3.63) is 48.6 Å². The van der Waals surface area contributed by atoms with E-state index in [1.54, 1.807) is 0 Å². The maximum absolute atomic E-state index is 13.0. The normalized spacial score (nSPS) is 12.3. The van der Waals surface area contributed by atoms with Crippen LogP contribution in [0.5, 0.6) is 0 Å². The first-order valence-electron chi connectivity index (χ1n) is 36.6. The molecule has 0 N–H and O–H groups in total. The van der Waals surface area contributed by atoms with E-state index in [-0.39, 0.29) is 31.1 Å². The highest BCUT2D eigenvalue weighted by atomic mass is 16.6. The first kappa shape index (κ1) is 79.4. The summed E-state index contributed by atoms with van der Waals surface area (Å²) in [5, 5.41) is 0. The van der Waals surface area contributed by atoms with Crippen LogP contribution in [0.3, 0.4) is 0 Å². The zero-order chi connectivity index (χ0) is 59.2. The lowest BCUT2D eigenvalue weighted by Crippen LogP contribution is -2.30. The molecular formula is C76H140O6. The topological polar surface area (TPSA) is 78.9 Å². The Balaban J connectivity index is 4.29. The molecule has 0 rings (SSSR count). The van der Waals surface area contributed by atoms with Gasteiger partial charge < -0.3 is 14.2 Å². The number of hydrogen-bond donors (Lipinski definition) is 0. The van der Waals surface area contributed by atoms with Crippen LogP contribution in [-0.4, -0.2) is 37.2 Å². The van der Waals surface area contributed by atoms with Crippen LogP contribution in [0.2, 0.25) is 0 Å². The number of hydrogen-bond acceptors (Lipinski definition) is 6. The molecule has 0 saturated heterocycles. The van der Waals surface area contributed by atoms with Crippen molar-refractivity contribution in [3.63, 3.8) is 0 Å². The van der Waals surface area contributed by atoms with E-state index in [4.69, 9.17) is 14.2 Å². The molecule has 1 unspecified atom stereocenters. The van der Waals surface area contributed by atoms with Gasteiger partial charge in [-0.3, -0.25) is 14.4 Å². The molecule has 0 fully saturated rings. The summed E-state index contributed by atoms with van der Waals surface area (Å²) in [5.41, 5.74) is 0. The van der Waals surface area contributed by atoms with Gasteiger partial charge in [-0.05, 0) is 77.0 Å². The Morgan fingerprint density at radius 2 is 0.476 bits per heavy atom. The van der Waals surface area contributed by atoms with Crippen molar-refractivity contribution in [1.29, 1.82) is 0 Å². The summed E-state index contributed by atoms with van der Waals surface area (Å²) in [4.78, 5) is 38.5. The quantitative estimate of drug-likeness (QED) is 0.0261. The van der Waals surface area contributed by atoms with Crippen molar-refractivity contribution in [3.8, 4) is 0 Å². The molecule has 0 saturated carbocycles. The molecule has 0 heterocycles. The SMILES string of the molecule is CC/C=C\C/C=C\C/C=C\CCCCCCCCCC(=O)OCC(COC(=O)CCCCCCCCCCCCCCCCCCCCCCCCCC)OC(=O)CCCCCCCCCCCCC/C=C\CCCCCCCCCC. The Bertz CT molecular complexity index is 1410. The van der Waals surface area contributed by atoms with Gasteiger partial charge in [-0.25, -0.2) is 0 Å². The summed E-state index contributed by atoms with van der Waals surface area (Å²) >= 11 is 0. The van der Waals surface area contributed by atoms with E-state index in [2.05, 4.69) is 69.4 Å². The van der Waals surface area contributed by atoms with E-state index >= 15 is 0 Å². The molecule has 0 aromatic rings. The second-order valence-corrected chi connectivity index (χ2v) is 24.8. The van der Waals surface area contributed by atoms with Gasteiger partial charge >= 0.3 is 17.9 Å². The molecule has 1 atom stereocenters. The molecule has 0 amide bonds. The molecule has 0 aliphatic heterocycles. The minimum absolute atomic E-state index is 0.0719. The van der Waals surface area contributed by atoms with Crippen molar-refractivity contribution >= 4 is 17.9 Å². The molecule has 0 aromatic heterocycles. The van der Waals surface area contributed by atoms with Gasteiger partial charge in [-0.15, -0.1) is 0 Å². The third-order valence-corrected chi connectivity index (χ3v) is 16.6. The van der Waals surface area contributed by atoms with E-state index < -0.39 is 6.10 Å². The number of esters is 3. The zero-order valence-electron chi connectivity index (χ0n) is 55.3. The Labute approximate surface area is 511 Å². The Hall–Kier alpha value is -2.63. The second-order valence-electron chi connectivity index (χ2n) is 24.8. The van der Waals surface area contributed by atoms with Crippen LogP contribution < -0.4 is 0 Å². The van der Waals surface area contributed by atoms with Crippen molar-refractivity contribution < 1.29 is 28.6 Å². The minimum atomic E-state index is -0.778. The number of unbranched alkanes of at least 4 members (excludes halogenated alkanes) is 49. The highest BCUT2D eigenvalue weighted by Crippen LogP contribution is 2.19. The van der Waals surface area contributed by atoms with Crippen molar-refractivity contribution in [2.75, 3.05) is 13.2 Å². The first-order chi connectivity index (χ1) is 40.5. The zero-order valence-corrected chi connectivity index (χ0v) is 55.3. The third kappa shape index (κ3) is 68.2. The molecule has 0 radical (unpaired) electrons. The fourth-order valence-corrected chi connectivity index (χ4v) is 11.1. The molecule has 480 valence electrons. The summed E-state index contributed by atoms with van der Waals surface area (Å²) in [7, 11) is 0. The number of rotatable bonds is 68. The average molecular weight is 1150 g/mol. The largest absolute Gasteiger partial charge is 0.462 e. The molecule has 6 nitrogen and oxygen atoms in total. The highest BCUT2D eigenvalue weighted by Gasteiger charge is 2.19. The maximum atomic E-state index is 13.0. The van der Waals surface area contributed by atoms with Crippen LogP contribution in [0.1, 0.15) is 400 Å². The minimum Gasteiger partial charge on any atom is -0.462 e. The lowest BCUT2D eigenvalue weighted by Gasteiger charge is -2.18. The first-order valence-corrected chi connectivity index (χ1v) is 36.6. The van der Waals surface area contributed by atoms with E-state index in [0.717, 1.165) is 83.5 Å². The van der Waals surface area contributed by atoms with E-state index in [1.807, 2.05) is 0 Å². The molecule has 0 aliphatic carbocycles. The molecule has 0 aromatic carbocycles. The van der Waals surface area contributed by atoms with Crippen LogP contribution >= 0.6 is 0 Å². The molecule has 82 heavy (non-hydrogen) atoms. The van der Waals surface area contributed by atoms with E-state index in [9.17, 15) is 14.4 Å². The predicted molar refractivity (Wildman–Crippen MR) is 358 cm³/mol. The van der Waals surface area contributed by atoms with Crippen molar-refractivity contribution in [1.82, 2.24) is 0 Å². The number of carbonyl (C=O) groups is 3. The summed E-state index contributed by atoms with van der Waals surface area (Å²) in [6, 6.07) is 0. The smallest absolute Gasteiger partial charge is 0.306 e. The second kappa shape index (κ2) is 70.9. The van der Waals surface area contributed by atoms with Gasteiger partial charge in [0.15, 0.2) is 6.10 Å². The standard InChI is InChI=1S/C76H140O6/c1-4-7-10-13-16-19-22-25-28-31-33-35-37-39-40-42-45-48-51-54-57-60-63-66-69-75(78)81-72-73(71-80-74(77)68-65-62-59-56-53-50-47-44-30-27-24-21-18-15-12-9-6-3)82-76(79)70-67-64-61-58-55-52-49-46-43-41-38-36-34-32-29-26-23-20-17-14-11-8-5-2/h9,12,18,21,27,30,32,34,73H,4-8,10-11,13-17,19-20,22-26,28-29,31,33,35-72H2,1-3H3/b12-9-,21-18-,30-27-,34-32-. The van der Waals surface area contributed by atoms with E-state index in [0.29, 0.717) is 19.3 Å². The van der Waals surface area contributed by atoms with Crippen molar-refractivity contribution in [2.45, 2.75) is 406 Å². The van der Waals surface area contributed by atoms with Gasteiger partial charge in [0.25, 0.3) is 0 Å². The molecule has 6 heteroatoms. The molecule has 0 spiro atoms. The van der Waals surface area contributed by atoms with Crippen LogP contribution in [0.4, 0.5) is 0 Å². The Morgan fingerprint density at radius 3 is 0.756 bits per heavy atom. The van der Waals surface area contributed by atoms with Crippen LogP contribution in [0.25, 0.3) is 0 Å². The van der Waals surface area contributed by atoms with Gasteiger partial charge in [0.2, 0.25) is 0 Å². The van der Waals surface area contributed by atoms with Crippen LogP contribution in [0.15, 0.2) is 48.6 Å². The number of carbonyl (C=O) groups excluding carboxylic acids is 3. The summed E-state index contributed by atoms with van der Waals surface area (Å²) in [6.45, 7) is 6.60. The molecule has 0 aliphatic rings. The molecule has 0 bridgehead atoms. The van der Waals surface area contributed by atoms with Gasteiger partial charge in [-0.1, -0.05) is 352 Å². The van der Waals surface area contributed by atoms with Gasteiger partial charge in [-0.2, -0.15) is 0 Å². The average Bonchev–Trinajstić information content (AvgIpc) is 3.47. The predicted octanol–water partition coefficient (Wildman–Crippen LogP) is 25.3. The number of ether oxygens (including phenoxy) is 3. The lowest BCUT2D eigenvalue weighted by molar-refractivity contribution is -0.167. The lowest BCUT2D eigenvalue weighted by atomic mass is 10.0. The highest BCUT2D eigenvalue weighted by molar-refractivity contribution is 5.71. The van der Waals surface area contributed by atoms with Crippen molar-refractivity contribution in [2.24, 2.45) is 0 Å². The molecular weight excluding hydrogens is 1010 g/mol. The summed E-state index contributed by atoms with van der Waals surface area (Å²) in [5.74, 6) is -0.854. The van der Waals surface area contributed by atoms with Crippen LogP contribution in [-0.2, 0) is 28.6 Å². The fourth-order valence-electron chi connectivity index (χ4n) is 11.1. The van der Waals surface area contributed by atoms with Gasteiger partial charge in [0, 0.05) is 19.3 Å². The van der Waals surface area contributed by atoms with Crippen LogP contribution in [0, 0.1) is 0 Å². The van der Waals surface area contributed by atoms with Gasteiger partial charge in [0.1, 0.15) is 13.2 Å². The van der Waals surface area contributed by atoms with Gasteiger partial charge in [0.05, 0.1) is 0 Å². The Kier molecular flexibility index (Phi) is 68.6. The fraction of sp³-hybridized carbons (Fsp3) is 0.855. The monoisotopic (exact) mass is 1150 g/mol. The maximum Gasteiger partial charge on any atom is 0.306 e. The Morgan fingerprint density at radius 1 is 0.256 bits per heavy atom. The summed E-state index contributed by atoms with van der Waals surface area (Å²) in [6.07, 6.45) is 90.0. The number of allylic oxidation sites excluding steroid dienone is 8.